The molecule has 5 heteroatoms. The number of methoxy groups -OCH3 is 1. The Morgan fingerprint density at radius 1 is 1.05 bits per heavy atom. The topological polar surface area (TPSA) is 76.0 Å². The lowest BCUT2D eigenvalue weighted by Gasteiger charge is -2.11. The average Bonchev–Trinajstić information content (AvgIpc) is 2.41. The number of phenolic OH excluding ortho intramolecular Hbond substituents is 1. The lowest BCUT2D eigenvalue weighted by Crippen LogP contribution is -1.98. The molecule has 0 bridgehead atoms. The first-order valence-corrected chi connectivity index (χ1v) is 5.49. The zero-order valence-corrected chi connectivity index (χ0v) is 10.2. The first kappa shape index (κ1) is 12.8. The lowest BCUT2D eigenvalue weighted by atomic mass is 10.2. The van der Waals surface area contributed by atoms with Gasteiger partial charge in [0.2, 0.25) is 0 Å². The van der Waals surface area contributed by atoms with Gasteiger partial charge < -0.3 is 19.7 Å². The molecule has 0 heterocycles. The molecular weight excluding hydrogens is 248 g/mol. The van der Waals surface area contributed by atoms with Gasteiger partial charge >= 0.3 is 5.97 Å². The largest absolute Gasteiger partial charge is 0.504 e. The maximum atomic E-state index is 10.9. The van der Waals surface area contributed by atoms with E-state index in [1.54, 1.807) is 18.2 Å². The molecule has 0 aliphatic rings. The van der Waals surface area contributed by atoms with Gasteiger partial charge in [-0.3, -0.25) is 0 Å². The molecule has 0 aromatic heterocycles. The summed E-state index contributed by atoms with van der Waals surface area (Å²) in [5.74, 6) is -0.180. The van der Waals surface area contributed by atoms with Crippen LogP contribution in [0.25, 0.3) is 0 Å². The van der Waals surface area contributed by atoms with Gasteiger partial charge in [-0.1, -0.05) is 12.1 Å². The van der Waals surface area contributed by atoms with E-state index < -0.39 is 5.97 Å². The predicted octanol–water partition coefficient (Wildman–Crippen LogP) is 2.89. The molecule has 0 aliphatic heterocycles. The van der Waals surface area contributed by atoms with Crippen LogP contribution in [0.4, 0.5) is 0 Å². The van der Waals surface area contributed by atoms with Crippen LogP contribution in [0.2, 0.25) is 0 Å². The second kappa shape index (κ2) is 5.30. The summed E-state index contributed by atoms with van der Waals surface area (Å²) in [5.41, 5.74) is 0.0986. The van der Waals surface area contributed by atoms with Gasteiger partial charge in [0.1, 0.15) is 0 Å². The highest BCUT2D eigenvalue weighted by molar-refractivity contribution is 5.88. The molecule has 0 fully saturated rings. The summed E-state index contributed by atoms with van der Waals surface area (Å²) in [7, 11) is 1.42. The Balaban J connectivity index is 2.35. The third kappa shape index (κ3) is 2.77. The molecule has 2 aromatic rings. The van der Waals surface area contributed by atoms with Crippen LogP contribution in [0, 0.1) is 0 Å². The lowest BCUT2D eigenvalue weighted by molar-refractivity contribution is 0.0696. The molecule has 0 unspecified atom stereocenters. The van der Waals surface area contributed by atoms with Crippen LogP contribution in [0.15, 0.2) is 42.5 Å². The molecule has 2 aromatic carbocycles. The van der Waals surface area contributed by atoms with E-state index in [1.165, 1.54) is 31.4 Å². The van der Waals surface area contributed by atoms with Crippen molar-refractivity contribution < 1.29 is 24.5 Å². The Morgan fingerprint density at radius 3 is 2.42 bits per heavy atom. The van der Waals surface area contributed by atoms with Crippen LogP contribution in [0.1, 0.15) is 10.4 Å². The van der Waals surface area contributed by atoms with Gasteiger partial charge in [-0.25, -0.2) is 4.79 Å². The van der Waals surface area contributed by atoms with Crippen LogP contribution in [-0.4, -0.2) is 23.3 Å². The zero-order chi connectivity index (χ0) is 13.8. The van der Waals surface area contributed by atoms with E-state index in [2.05, 4.69) is 0 Å². The summed E-state index contributed by atoms with van der Waals surface area (Å²) in [6, 6.07) is 10.7. The molecule has 0 atom stereocenters. The van der Waals surface area contributed by atoms with Gasteiger partial charge in [0, 0.05) is 0 Å². The van der Waals surface area contributed by atoms with Crippen LogP contribution < -0.4 is 9.47 Å². The minimum absolute atomic E-state index is 0.00753. The Morgan fingerprint density at radius 2 is 1.79 bits per heavy atom. The van der Waals surface area contributed by atoms with E-state index in [1.807, 2.05) is 0 Å². The van der Waals surface area contributed by atoms with Crippen molar-refractivity contribution in [2.45, 2.75) is 0 Å². The quantitative estimate of drug-likeness (QED) is 0.883. The second-order valence-corrected chi connectivity index (χ2v) is 3.74. The van der Waals surface area contributed by atoms with Gasteiger partial charge in [0.05, 0.1) is 12.7 Å². The molecule has 0 amide bonds. The fourth-order valence-corrected chi connectivity index (χ4v) is 1.55. The van der Waals surface area contributed by atoms with Gasteiger partial charge in [-0.15, -0.1) is 0 Å². The second-order valence-electron chi connectivity index (χ2n) is 3.74. The zero-order valence-electron chi connectivity index (χ0n) is 10.2. The summed E-state index contributed by atoms with van der Waals surface area (Å²) in [4.78, 5) is 10.9. The fourth-order valence-electron chi connectivity index (χ4n) is 1.55. The fraction of sp³-hybridized carbons (Fsp3) is 0.0714. The number of carboxylic acid groups (broad SMARTS) is 1. The Kier molecular flexibility index (Phi) is 3.56. The maximum Gasteiger partial charge on any atom is 0.335 e. The highest BCUT2D eigenvalue weighted by Gasteiger charge is 2.12. The van der Waals surface area contributed by atoms with E-state index in [9.17, 15) is 9.90 Å². The molecule has 0 saturated carbocycles. The normalized spacial score (nSPS) is 9.95. The minimum Gasteiger partial charge on any atom is -0.504 e. The van der Waals surface area contributed by atoms with E-state index >= 15 is 0 Å². The van der Waals surface area contributed by atoms with Crippen molar-refractivity contribution in [2.75, 3.05) is 7.11 Å². The molecule has 2 rings (SSSR count). The molecule has 0 aliphatic carbocycles. The molecule has 0 saturated heterocycles. The number of ether oxygens (including phenoxy) is 2. The van der Waals surface area contributed by atoms with Gasteiger partial charge in [-0.05, 0) is 30.3 Å². The van der Waals surface area contributed by atoms with E-state index in [4.69, 9.17) is 14.6 Å². The number of para-hydroxylation sites is 2. The number of hydrogen-bond donors (Lipinski definition) is 2. The predicted molar refractivity (Wildman–Crippen MR) is 68.1 cm³/mol. The molecular formula is C14H12O5. The molecule has 0 radical (unpaired) electrons. The number of carboxylic acids is 1. The number of rotatable bonds is 4. The number of carbonyl (C=O) groups is 1. The highest BCUT2D eigenvalue weighted by Crippen LogP contribution is 2.35. The first-order chi connectivity index (χ1) is 9.11. The standard InChI is InChI=1S/C14H12O5/c1-18-13-8-9(14(16)17)6-7-12(13)19-11-5-3-2-4-10(11)15/h2-8,15H,1H3,(H,16,17). The highest BCUT2D eigenvalue weighted by atomic mass is 16.5. The van der Waals surface area contributed by atoms with Crippen LogP contribution in [0.5, 0.6) is 23.0 Å². The van der Waals surface area contributed by atoms with E-state index in [0.29, 0.717) is 5.75 Å². The van der Waals surface area contributed by atoms with Crippen LogP contribution in [0.3, 0.4) is 0 Å². The Hall–Kier alpha value is -2.69. The summed E-state index contributed by atoms with van der Waals surface area (Å²) < 4.78 is 10.6. The van der Waals surface area contributed by atoms with E-state index in [-0.39, 0.29) is 22.8 Å². The summed E-state index contributed by atoms with van der Waals surface area (Å²) in [6.45, 7) is 0. The third-order valence-electron chi connectivity index (χ3n) is 2.50. The van der Waals surface area contributed by atoms with Crippen LogP contribution >= 0.6 is 0 Å². The minimum atomic E-state index is -1.05. The number of aromatic hydroxyl groups is 1. The van der Waals surface area contributed by atoms with Crippen molar-refractivity contribution in [2.24, 2.45) is 0 Å². The smallest absolute Gasteiger partial charge is 0.335 e. The summed E-state index contributed by atoms with van der Waals surface area (Å²) >= 11 is 0. The van der Waals surface area contributed by atoms with Crippen molar-refractivity contribution in [3.05, 3.63) is 48.0 Å². The number of benzene rings is 2. The molecule has 98 valence electrons. The number of hydrogen-bond acceptors (Lipinski definition) is 4. The Bertz CT molecular complexity index is 607. The SMILES string of the molecule is COc1cc(C(=O)O)ccc1Oc1ccccc1O. The van der Waals surface area contributed by atoms with Crippen molar-refractivity contribution >= 4 is 5.97 Å². The van der Waals surface area contributed by atoms with Crippen molar-refractivity contribution in [1.29, 1.82) is 0 Å². The summed E-state index contributed by atoms with van der Waals surface area (Å²) in [6.07, 6.45) is 0. The van der Waals surface area contributed by atoms with Crippen molar-refractivity contribution in [1.82, 2.24) is 0 Å². The monoisotopic (exact) mass is 260 g/mol. The number of phenols is 1. The Labute approximate surface area is 109 Å². The molecule has 2 N–H and O–H groups in total. The molecule has 5 nitrogen and oxygen atoms in total. The van der Waals surface area contributed by atoms with Crippen molar-refractivity contribution in [3.8, 4) is 23.0 Å². The van der Waals surface area contributed by atoms with E-state index in [0.717, 1.165) is 0 Å². The maximum absolute atomic E-state index is 10.9. The number of aromatic carboxylic acids is 1. The molecule has 0 spiro atoms. The summed E-state index contributed by atoms with van der Waals surface area (Å²) in [5, 5.41) is 18.5. The van der Waals surface area contributed by atoms with Crippen LogP contribution in [-0.2, 0) is 0 Å². The molecule has 19 heavy (non-hydrogen) atoms. The first-order valence-electron chi connectivity index (χ1n) is 5.49. The van der Waals surface area contributed by atoms with Crippen molar-refractivity contribution in [3.63, 3.8) is 0 Å². The van der Waals surface area contributed by atoms with Gasteiger partial charge in [0.25, 0.3) is 0 Å². The third-order valence-corrected chi connectivity index (χ3v) is 2.50. The average molecular weight is 260 g/mol. The van der Waals surface area contributed by atoms with Gasteiger partial charge in [0.15, 0.2) is 23.0 Å². The van der Waals surface area contributed by atoms with Gasteiger partial charge in [-0.2, -0.15) is 0 Å².